The van der Waals surface area contributed by atoms with Gasteiger partial charge in [-0.25, -0.2) is 9.18 Å². The van der Waals surface area contributed by atoms with Crippen LogP contribution in [0, 0.1) is 17.1 Å². The summed E-state index contributed by atoms with van der Waals surface area (Å²) in [4.78, 5) is 11.1. The number of carbonyl (C=O) groups is 1. The zero-order chi connectivity index (χ0) is 23.4. The van der Waals surface area contributed by atoms with E-state index in [1.807, 2.05) is 35.9 Å². The Morgan fingerprint density at radius 1 is 1.09 bits per heavy atom. The van der Waals surface area contributed by atoms with Crippen LogP contribution in [0.5, 0.6) is 5.75 Å². The molecule has 6 heteroatoms. The molecular formula is C27H21FN2O3. The van der Waals surface area contributed by atoms with Crippen LogP contribution in [-0.4, -0.2) is 22.2 Å². The summed E-state index contributed by atoms with van der Waals surface area (Å²) in [6.45, 7) is 2.99. The highest BCUT2D eigenvalue weighted by Gasteiger charge is 2.12. The van der Waals surface area contributed by atoms with Gasteiger partial charge in [-0.15, -0.1) is 0 Å². The second-order valence-corrected chi connectivity index (χ2v) is 7.50. The minimum absolute atomic E-state index is 0.162. The maximum atomic E-state index is 13.3. The van der Waals surface area contributed by atoms with Crippen molar-refractivity contribution in [2.24, 2.45) is 0 Å². The van der Waals surface area contributed by atoms with E-state index in [2.05, 4.69) is 6.07 Å². The molecule has 0 saturated heterocycles. The Balaban J connectivity index is 1.79. The van der Waals surface area contributed by atoms with Crippen molar-refractivity contribution >= 4 is 28.5 Å². The lowest BCUT2D eigenvalue weighted by Gasteiger charge is -2.08. The van der Waals surface area contributed by atoms with Gasteiger partial charge in [0.1, 0.15) is 11.6 Å². The number of benzene rings is 3. The molecule has 0 aliphatic heterocycles. The zero-order valence-corrected chi connectivity index (χ0v) is 18.0. The van der Waals surface area contributed by atoms with Crippen molar-refractivity contribution in [2.75, 3.05) is 6.61 Å². The topological polar surface area (TPSA) is 75.2 Å². The number of carboxylic acid groups (broad SMARTS) is 1. The summed E-state index contributed by atoms with van der Waals surface area (Å²) in [5, 5.41) is 19.8. The van der Waals surface area contributed by atoms with Crippen molar-refractivity contribution < 1.29 is 19.0 Å². The van der Waals surface area contributed by atoms with E-state index in [0.29, 0.717) is 24.3 Å². The second kappa shape index (κ2) is 9.41. The molecule has 0 bridgehead atoms. The van der Waals surface area contributed by atoms with Crippen molar-refractivity contribution in [1.82, 2.24) is 4.57 Å². The zero-order valence-electron chi connectivity index (χ0n) is 18.0. The van der Waals surface area contributed by atoms with E-state index in [1.54, 1.807) is 30.3 Å². The van der Waals surface area contributed by atoms with E-state index in [0.717, 1.165) is 27.8 Å². The van der Waals surface area contributed by atoms with Gasteiger partial charge in [-0.2, -0.15) is 5.26 Å². The van der Waals surface area contributed by atoms with E-state index in [-0.39, 0.29) is 11.4 Å². The quantitative estimate of drug-likeness (QED) is 0.358. The van der Waals surface area contributed by atoms with Gasteiger partial charge in [-0.05, 0) is 60.5 Å². The first-order valence-corrected chi connectivity index (χ1v) is 10.4. The third-order valence-electron chi connectivity index (χ3n) is 5.32. The number of carboxylic acids is 1. The molecule has 0 aliphatic carbocycles. The van der Waals surface area contributed by atoms with Crippen molar-refractivity contribution in [3.8, 4) is 11.8 Å². The Morgan fingerprint density at radius 2 is 1.79 bits per heavy atom. The van der Waals surface area contributed by atoms with Crippen LogP contribution in [0.4, 0.5) is 4.39 Å². The molecule has 1 heterocycles. The molecule has 0 spiro atoms. The SMILES string of the molecule is CCOc1ccc2c(/C=C(\C#N)c3ccc(C(=O)O)cc3)cn(Cc3ccc(F)cc3)c2c1. The van der Waals surface area contributed by atoms with Gasteiger partial charge in [0.25, 0.3) is 0 Å². The van der Waals surface area contributed by atoms with Crippen LogP contribution >= 0.6 is 0 Å². The van der Waals surface area contributed by atoms with Crippen molar-refractivity contribution in [3.63, 3.8) is 0 Å². The Labute approximate surface area is 190 Å². The fourth-order valence-corrected chi connectivity index (χ4v) is 3.72. The maximum Gasteiger partial charge on any atom is 0.335 e. The number of nitrogens with zero attached hydrogens (tertiary/aromatic N) is 2. The van der Waals surface area contributed by atoms with Crippen molar-refractivity contribution in [2.45, 2.75) is 13.5 Å². The number of ether oxygens (including phenoxy) is 1. The van der Waals surface area contributed by atoms with Crippen LogP contribution in [0.15, 0.2) is 72.9 Å². The van der Waals surface area contributed by atoms with Crippen LogP contribution < -0.4 is 4.74 Å². The molecule has 0 radical (unpaired) electrons. The number of aromatic carboxylic acids is 1. The highest BCUT2D eigenvalue weighted by Crippen LogP contribution is 2.30. The van der Waals surface area contributed by atoms with E-state index in [4.69, 9.17) is 9.84 Å². The van der Waals surface area contributed by atoms with Gasteiger partial charge in [0.15, 0.2) is 0 Å². The van der Waals surface area contributed by atoms with E-state index in [1.165, 1.54) is 24.3 Å². The normalized spacial score (nSPS) is 11.4. The Bertz CT molecular complexity index is 1380. The summed E-state index contributed by atoms with van der Waals surface area (Å²) in [6, 6.07) is 20.6. The van der Waals surface area contributed by atoms with Gasteiger partial charge < -0.3 is 14.4 Å². The predicted octanol–water partition coefficient (Wildman–Crippen LogP) is 5.99. The van der Waals surface area contributed by atoms with Gasteiger partial charge in [0.2, 0.25) is 0 Å². The maximum absolute atomic E-state index is 13.3. The number of rotatable bonds is 7. The summed E-state index contributed by atoms with van der Waals surface area (Å²) < 4.78 is 21.0. The third kappa shape index (κ3) is 4.78. The number of hydrogen-bond acceptors (Lipinski definition) is 3. The number of allylic oxidation sites excluding steroid dienone is 1. The molecule has 164 valence electrons. The molecule has 4 rings (SSSR count). The molecule has 0 atom stereocenters. The van der Waals surface area contributed by atoms with Crippen molar-refractivity contribution in [3.05, 3.63) is 101 Å². The molecule has 33 heavy (non-hydrogen) atoms. The summed E-state index contributed by atoms with van der Waals surface area (Å²) in [5.41, 5.74) is 3.92. The largest absolute Gasteiger partial charge is 0.494 e. The summed E-state index contributed by atoms with van der Waals surface area (Å²) in [7, 11) is 0. The van der Waals surface area contributed by atoms with Crippen molar-refractivity contribution in [1.29, 1.82) is 5.26 Å². The van der Waals surface area contributed by atoms with Crippen LogP contribution in [0.2, 0.25) is 0 Å². The molecule has 0 unspecified atom stereocenters. The lowest BCUT2D eigenvalue weighted by Crippen LogP contribution is -1.98. The number of nitriles is 1. The lowest BCUT2D eigenvalue weighted by atomic mass is 10.0. The van der Waals surface area contributed by atoms with Crippen LogP contribution in [0.3, 0.4) is 0 Å². The fourth-order valence-electron chi connectivity index (χ4n) is 3.72. The number of halogens is 1. The molecule has 5 nitrogen and oxygen atoms in total. The first kappa shape index (κ1) is 21.8. The Morgan fingerprint density at radius 3 is 2.42 bits per heavy atom. The lowest BCUT2D eigenvalue weighted by molar-refractivity contribution is 0.0697. The molecule has 3 aromatic carbocycles. The van der Waals surface area contributed by atoms with E-state index < -0.39 is 5.97 Å². The fraction of sp³-hybridized carbons (Fsp3) is 0.111. The number of hydrogen-bond donors (Lipinski definition) is 1. The average molecular weight is 440 g/mol. The van der Waals surface area contributed by atoms with Gasteiger partial charge >= 0.3 is 5.97 Å². The summed E-state index contributed by atoms with van der Waals surface area (Å²) in [5.74, 6) is -0.562. The van der Waals surface area contributed by atoms with Gasteiger partial charge in [0, 0.05) is 29.8 Å². The second-order valence-electron chi connectivity index (χ2n) is 7.50. The van der Waals surface area contributed by atoms with Gasteiger partial charge in [0.05, 0.1) is 29.3 Å². The van der Waals surface area contributed by atoms with Gasteiger partial charge in [-0.3, -0.25) is 0 Å². The number of aromatic nitrogens is 1. The van der Waals surface area contributed by atoms with Gasteiger partial charge in [-0.1, -0.05) is 24.3 Å². The van der Waals surface area contributed by atoms with Crippen LogP contribution in [-0.2, 0) is 6.54 Å². The van der Waals surface area contributed by atoms with Crippen LogP contribution in [0.25, 0.3) is 22.6 Å². The standard InChI is InChI=1S/C27H21FN2O3/c1-2-33-24-11-12-25-22(13-21(15-29)19-5-7-20(8-6-19)27(31)32)17-30(26(25)14-24)16-18-3-9-23(28)10-4-18/h3-14,17H,2,16H2,1H3,(H,31,32)/b21-13+. The summed E-state index contributed by atoms with van der Waals surface area (Å²) >= 11 is 0. The van der Waals surface area contributed by atoms with E-state index >= 15 is 0 Å². The molecular weight excluding hydrogens is 419 g/mol. The monoisotopic (exact) mass is 440 g/mol. The van der Waals surface area contributed by atoms with Crippen LogP contribution in [0.1, 0.15) is 34.0 Å². The number of fused-ring (bicyclic) bond motifs is 1. The molecule has 0 saturated carbocycles. The Kier molecular flexibility index (Phi) is 6.23. The minimum atomic E-state index is -1.02. The first-order chi connectivity index (χ1) is 16.0. The molecule has 1 aromatic heterocycles. The third-order valence-corrected chi connectivity index (χ3v) is 5.32. The smallest absolute Gasteiger partial charge is 0.335 e. The molecule has 0 fully saturated rings. The molecule has 0 amide bonds. The average Bonchev–Trinajstić information content (AvgIpc) is 3.15. The predicted molar refractivity (Wildman–Crippen MR) is 125 cm³/mol. The Hall–Kier alpha value is -4.37. The minimum Gasteiger partial charge on any atom is -0.494 e. The summed E-state index contributed by atoms with van der Waals surface area (Å²) in [6.07, 6.45) is 3.74. The highest BCUT2D eigenvalue weighted by atomic mass is 19.1. The van der Waals surface area contributed by atoms with E-state index in [9.17, 15) is 14.4 Å². The molecule has 0 aliphatic rings. The highest BCUT2D eigenvalue weighted by molar-refractivity contribution is 5.99. The molecule has 4 aromatic rings. The molecule has 1 N–H and O–H groups in total. The first-order valence-electron chi connectivity index (χ1n) is 10.4.